The first-order valence-corrected chi connectivity index (χ1v) is 13.1. The van der Waals surface area contributed by atoms with Crippen LogP contribution in [0.15, 0.2) is 18.0 Å². The van der Waals surface area contributed by atoms with Crippen LogP contribution in [0, 0.1) is 11.3 Å². The number of β-amino-alcohol motifs (C(OH)–C–C–N with tert-alkyl or cyclic N) is 1. The van der Waals surface area contributed by atoms with Crippen molar-refractivity contribution in [1.29, 1.82) is 5.26 Å². The molecule has 4 rings (SSSR count). The first kappa shape index (κ1) is 23.9. The smallest absolute Gasteiger partial charge is 0.271 e. The highest BCUT2D eigenvalue weighted by Gasteiger charge is 2.38. The third-order valence-electron chi connectivity index (χ3n) is 6.74. The molecule has 1 aromatic heterocycles. The number of thioether (sulfide) groups is 1. The van der Waals surface area contributed by atoms with E-state index in [9.17, 15) is 15.2 Å². The van der Waals surface area contributed by atoms with Gasteiger partial charge in [-0.2, -0.15) is 5.26 Å². The van der Waals surface area contributed by atoms with E-state index in [2.05, 4.69) is 23.3 Å². The number of pyridine rings is 1. The van der Waals surface area contributed by atoms with Crippen LogP contribution >= 0.6 is 11.8 Å². The van der Waals surface area contributed by atoms with Gasteiger partial charge in [-0.15, -0.1) is 11.8 Å². The predicted octanol–water partition coefficient (Wildman–Crippen LogP) is 4.15. The lowest BCUT2D eigenvalue weighted by molar-refractivity contribution is -0.129. The molecule has 7 nitrogen and oxygen atoms in total. The third kappa shape index (κ3) is 5.30. The molecule has 0 bridgehead atoms. The molecule has 0 radical (unpaired) electrons. The number of aliphatic hydroxyl groups is 1. The van der Waals surface area contributed by atoms with Gasteiger partial charge in [-0.3, -0.25) is 4.79 Å². The molecule has 1 aromatic rings. The summed E-state index contributed by atoms with van der Waals surface area (Å²) >= 11 is 1.57. The Labute approximate surface area is 201 Å². The van der Waals surface area contributed by atoms with Gasteiger partial charge in [-0.25, -0.2) is 4.98 Å². The molecule has 0 unspecified atom stereocenters. The van der Waals surface area contributed by atoms with E-state index >= 15 is 0 Å². The van der Waals surface area contributed by atoms with Gasteiger partial charge in [0.05, 0.1) is 11.5 Å². The van der Waals surface area contributed by atoms with Gasteiger partial charge in [-0.1, -0.05) is 19.3 Å². The Hall–Kier alpha value is -2.24. The fourth-order valence-electron chi connectivity index (χ4n) is 5.13. The molecule has 0 spiro atoms. The number of amides is 1. The van der Waals surface area contributed by atoms with E-state index in [1.54, 1.807) is 31.8 Å². The van der Waals surface area contributed by atoms with Gasteiger partial charge in [0.2, 0.25) is 0 Å². The Morgan fingerprint density at radius 3 is 2.70 bits per heavy atom. The molecule has 2 N–H and O–H groups in total. The van der Waals surface area contributed by atoms with Crippen LogP contribution in [-0.2, 0) is 4.79 Å². The Balaban J connectivity index is 1.74. The number of hydrogen-bond acceptors (Lipinski definition) is 7. The van der Waals surface area contributed by atoms with Crippen LogP contribution in [0.3, 0.4) is 0 Å². The van der Waals surface area contributed by atoms with E-state index in [0.717, 1.165) is 42.7 Å². The molecule has 1 aliphatic carbocycles. The number of nitrogens with zero attached hydrogens (tertiary/aromatic N) is 4. The first-order valence-electron chi connectivity index (χ1n) is 12.1. The summed E-state index contributed by atoms with van der Waals surface area (Å²) in [5.74, 6) is 1.17. The number of likely N-dealkylation sites (tertiary alicyclic amines) is 1. The van der Waals surface area contributed by atoms with Gasteiger partial charge in [0.1, 0.15) is 23.1 Å². The second-order valence-electron chi connectivity index (χ2n) is 10.1. The van der Waals surface area contributed by atoms with E-state index in [4.69, 9.17) is 0 Å². The van der Waals surface area contributed by atoms with Gasteiger partial charge in [0, 0.05) is 41.8 Å². The Bertz CT molecular complexity index is 959. The van der Waals surface area contributed by atoms with Crippen LogP contribution in [0.25, 0.3) is 4.91 Å². The number of aromatic nitrogens is 1. The maximum atomic E-state index is 13.8. The van der Waals surface area contributed by atoms with Gasteiger partial charge in [-0.05, 0) is 52.5 Å². The topological polar surface area (TPSA) is 92.5 Å². The minimum absolute atomic E-state index is 0.00765. The van der Waals surface area contributed by atoms with Gasteiger partial charge < -0.3 is 20.2 Å². The van der Waals surface area contributed by atoms with E-state index in [0.29, 0.717) is 35.5 Å². The van der Waals surface area contributed by atoms with Crippen molar-refractivity contribution in [3.63, 3.8) is 0 Å². The van der Waals surface area contributed by atoms with Crippen molar-refractivity contribution >= 4 is 28.4 Å². The standard InChI is InChI=1S/C25H35N5O2S/c1-17-8-7-13-30(17)24(31)21-22(33-16-29(21)15-25(2,3)32)19-11-12-27-23(20(19)14-26)28-18-9-5-4-6-10-18/h11-12,17-18,32H,4-10,13,15-16H2,1-3H3,(H,27,28)/t17-/m0/s1. The largest absolute Gasteiger partial charge is 0.389 e. The number of hydrogen-bond donors (Lipinski definition) is 2. The molecule has 2 aliphatic heterocycles. The molecule has 1 saturated carbocycles. The highest BCUT2D eigenvalue weighted by atomic mass is 32.2. The Kier molecular flexibility index (Phi) is 7.20. The maximum absolute atomic E-state index is 13.8. The predicted molar refractivity (Wildman–Crippen MR) is 132 cm³/mol. The van der Waals surface area contributed by atoms with Crippen LogP contribution in [0.2, 0.25) is 0 Å². The normalized spacial score (nSPS) is 22.1. The molecule has 1 amide bonds. The lowest BCUT2D eigenvalue weighted by Gasteiger charge is -2.31. The first-order chi connectivity index (χ1) is 15.8. The monoisotopic (exact) mass is 469 g/mol. The molecule has 2 fully saturated rings. The fraction of sp³-hybridized carbons (Fsp3) is 0.640. The highest BCUT2D eigenvalue weighted by molar-refractivity contribution is 8.08. The van der Waals surface area contributed by atoms with Crippen molar-refractivity contribution in [2.45, 2.75) is 83.4 Å². The molecule has 0 aromatic carbocycles. The molecule has 1 atom stereocenters. The van der Waals surface area contributed by atoms with E-state index < -0.39 is 5.60 Å². The molecule has 1 saturated heterocycles. The quantitative estimate of drug-likeness (QED) is 0.646. The minimum atomic E-state index is -0.942. The summed E-state index contributed by atoms with van der Waals surface area (Å²) in [4.78, 5) is 23.0. The van der Waals surface area contributed by atoms with Gasteiger partial charge in [0.25, 0.3) is 5.91 Å². The molecular weight excluding hydrogens is 434 g/mol. The molecule has 8 heteroatoms. The van der Waals surface area contributed by atoms with Crippen LogP contribution in [-0.4, -0.2) is 62.4 Å². The van der Waals surface area contributed by atoms with Crippen LogP contribution in [0.1, 0.15) is 76.8 Å². The van der Waals surface area contributed by atoms with E-state index in [-0.39, 0.29) is 11.9 Å². The molecule has 33 heavy (non-hydrogen) atoms. The summed E-state index contributed by atoms with van der Waals surface area (Å²) in [6.07, 6.45) is 9.56. The van der Waals surface area contributed by atoms with Crippen molar-refractivity contribution in [2.75, 3.05) is 24.3 Å². The lowest BCUT2D eigenvalue weighted by atomic mass is 9.95. The van der Waals surface area contributed by atoms with Crippen molar-refractivity contribution in [3.05, 3.63) is 29.1 Å². The summed E-state index contributed by atoms with van der Waals surface area (Å²) in [6, 6.07) is 4.74. The number of nitrogens with one attached hydrogen (secondary N) is 1. The second kappa shape index (κ2) is 9.94. The zero-order chi connectivity index (χ0) is 23.6. The van der Waals surface area contributed by atoms with Gasteiger partial charge in [0.15, 0.2) is 0 Å². The average Bonchev–Trinajstić information content (AvgIpc) is 3.38. The van der Waals surface area contributed by atoms with E-state index in [1.807, 2.05) is 15.9 Å². The highest BCUT2D eigenvalue weighted by Crippen LogP contribution is 2.43. The maximum Gasteiger partial charge on any atom is 0.271 e. The Morgan fingerprint density at radius 1 is 1.30 bits per heavy atom. The molecule has 3 heterocycles. The zero-order valence-electron chi connectivity index (χ0n) is 19.9. The number of rotatable bonds is 6. The average molecular weight is 470 g/mol. The summed E-state index contributed by atoms with van der Waals surface area (Å²) in [6.45, 7) is 6.71. The Morgan fingerprint density at radius 2 is 2.06 bits per heavy atom. The summed E-state index contributed by atoms with van der Waals surface area (Å²) < 4.78 is 0. The second-order valence-corrected chi connectivity index (χ2v) is 11.1. The summed E-state index contributed by atoms with van der Waals surface area (Å²) in [5, 5.41) is 24.1. The molecule has 178 valence electrons. The summed E-state index contributed by atoms with van der Waals surface area (Å²) in [7, 11) is 0. The van der Waals surface area contributed by atoms with Crippen molar-refractivity contribution in [2.24, 2.45) is 0 Å². The number of carbonyl (C=O) groups is 1. The fourth-order valence-corrected chi connectivity index (χ4v) is 6.32. The SMILES string of the molecule is C[C@H]1CCCN1C(=O)C1=C(c2ccnc(NC3CCCCC3)c2C#N)SCN1CC(C)(C)O. The number of nitriles is 1. The number of anilines is 1. The zero-order valence-corrected chi connectivity index (χ0v) is 20.7. The third-order valence-corrected chi connectivity index (χ3v) is 7.89. The minimum Gasteiger partial charge on any atom is -0.389 e. The van der Waals surface area contributed by atoms with Crippen molar-refractivity contribution in [3.8, 4) is 6.07 Å². The van der Waals surface area contributed by atoms with Crippen LogP contribution in [0.5, 0.6) is 0 Å². The van der Waals surface area contributed by atoms with Gasteiger partial charge >= 0.3 is 0 Å². The van der Waals surface area contributed by atoms with Crippen molar-refractivity contribution < 1.29 is 9.90 Å². The number of carbonyl (C=O) groups excluding carboxylic acids is 1. The van der Waals surface area contributed by atoms with Crippen LogP contribution < -0.4 is 5.32 Å². The molecular formula is C25H35N5O2S. The molecule has 3 aliphatic rings. The van der Waals surface area contributed by atoms with E-state index in [1.165, 1.54) is 19.3 Å². The van der Waals surface area contributed by atoms with Crippen LogP contribution in [0.4, 0.5) is 5.82 Å². The van der Waals surface area contributed by atoms with Crippen molar-refractivity contribution in [1.82, 2.24) is 14.8 Å². The lowest BCUT2D eigenvalue weighted by Crippen LogP contribution is -2.43. The summed E-state index contributed by atoms with van der Waals surface area (Å²) in [5.41, 5.74) is 0.907.